The zero-order valence-corrected chi connectivity index (χ0v) is 42.0. The molecule has 0 unspecified atom stereocenters. The number of carbonyl (C=O) groups is 5. The Morgan fingerprint density at radius 3 is 1.91 bits per heavy atom. The van der Waals surface area contributed by atoms with Gasteiger partial charge in [-0.15, -0.1) is 0 Å². The fourth-order valence-corrected chi connectivity index (χ4v) is 9.15. The number of alkyl halides is 3. The number of likely N-dealkylation sites (N-methyl/N-ethyl adjacent to an activating group) is 2. The van der Waals surface area contributed by atoms with Gasteiger partial charge in [-0.05, 0) is 80.2 Å². The van der Waals surface area contributed by atoms with E-state index in [0.717, 1.165) is 24.0 Å². The number of hydrogen-bond donors (Lipinski definition) is 5. The van der Waals surface area contributed by atoms with Crippen molar-refractivity contribution in [2.24, 2.45) is 23.7 Å². The molecule has 20 heteroatoms. The van der Waals surface area contributed by atoms with Gasteiger partial charge in [0, 0.05) is 33.9 Å². The number of hydrogen-bond acceptors (Lipinski definition) is 10. The number of ether oxygens (including phenoxy) is 2. The van der Waals surface area contributed by atoms with E-state index in [1.54, 1.807) is 50.2 Å². The van der Waals surface area contributed by atoms with Crippen LogP contribution in [0.25, 0.3) is 0 Å². The zero-order chi connectivity index (χ0) is 51.7. The van der Waals surface area contributed by atoms with Gasteiger partial charge in [-0.2, -0.15) is 21.6 Å². The quantitative estimate of drug-likeness (QED) is 0.0820. The summed E-state index contributed by atoms with van der Waals surface area (Å²) in [7, 11) is 2.26. The summed E-state index contributed by atoms with van der Waals surface area (Å²) in [6.07, 6.45) is -2.52. The maximum atomic E-state index is 14.4. The molecular formula is C48H74F3N5O11S. The minimum Gasteiger partial charge on any atom is -0.475 e. The number of carboxylic acid groups (broad SMARTS) is 1. The molecule has 1 heterocycles. The van der Waals surface area contributed by atoms with E-state index in [2.05, 4.69) is 16.0 Å². The molecule has 1 aliphatic rings. The molecule has 0 aliphatic carbocycles. The Morgan fingerprint density at radius 2 is 1.44 bits per heavy atom. The van der Waals surface area contributed by atoms with Gasteiger partial charge in [0.15, 0.2) is 0 Å². The Kier molecular flexibility index (Phi) is 24.1. The van der Waals surface area contributed by atoms with Crippen molar-refractivity contribution in [3.63, 3.8) is 0 Å². The van der Waals surface area contributed by atoms with Crippen molar-refractivity contribution < 1.29 is 64.7 Å². The van der Waals surface area contributed by atoms with Crippen LogP contribution in [0.5, 0.6) is 0 Å². The summed E-state index contributed by atoms with van der Waals surface area (Å²) in [5, 5.41) is 16.4. The van der Waals surface area contributed by atoms with Gasteiger partial charge in [0.2, 0.25) is 23.6 Å². The van der Waals surface area contributed by atoms with Gasteiger partial charge < -0.3 is 40.3 Å². The molecule has 68 heavy (non-hydrogen) atoms. The molecule has 0 saturated carbocycles. The van der Waals surface area contributed by atoms with Crippen LogP contribution in [0, 0.1) is 23.7 Å². The SMILES string of the molecule is CC[C@H](C)[C@@H]([C@@H](CC(=O)N1CCC[C@H]1[C@H](OC)[C@@H](C)C(=O)N[C@H](CCc1ccc(S(=O)(=O)O)cc1)Cc1ccccc1)OC)N(C)C(=O)[C@@H](NC(=O)[C@@H](NC)C(C)C)C(C)C.O=C(O)C(F)(F)F. The highest BCUT2D eigenvalue weighted by atomic mass is 32.2. The number of nitrogens with zero attached hydrogens (tertiary/aromatic N) is 2. The van der Waals surface area contributed by atoms with Crippen molar-refractivity contribution in [2.45, 2.75) is 147 Å². The van der Waals surface area contributed by atoms with Gasteiger partial charge in [-0.25, -0.2) is 4.79 Å². The third-order valence-electron chi connectivity index (χ3n) is 12.7. The Hall–Kier alpha value is -4.63. The molecule has 5 N–H and O–H groups in total. The van der Waals surface area contributed by atoms with E-state index < -0.39 is 58.5 Å². The maximum Gasteiger partial charge on any atom is 0.490 e. The van der Waals surface area contributed by atoms with Crippen LogP contribution in [0.15, 0.2) is 59.5 Å². The van der Waals surface area contributed by atoms with E-state index in [4.69, 9.17) is 19.4 Å². The molecule has 1 saturated heterocycles. The molecule has 2 aromatic rings. The van der Waals surface area contributed by atoms with E-state index >= 15 is 0 Å². The largest absolute Gasteiger partial charge is 0.490 e. The van der Waals surface area contributed by atoms with Crippen LogP contribution in [-0.2, 0) is 56.4 Å². The lowest BCUT2D eigenvalue weighted by Crippen LogP contribution is -2.59. The summed E-state index contributed by atoms with van der Waals surface area (Å²) in [5.41, 5.74) is 1.91. The van der Waals surface area contributed by atoms with Crippen molar-refractivity contribution in [3.05, 3.63) is 65.7 Å². The first kappa shape index (κ1) is 59.5. The Morgan fingerprint density at radius 1 is 0.868 bits per heavy atom. The summed E-state index contributed by atoms with van der Waals surface area (Å²) in [6, 6.07) is 13.5. The number of methoxy groups -OCH3 is 2. The highest BCUT2D eigenvalue weighted by Gasteiger charge is 2.43. The smallest absolute Gasteiger partial charge is 0.475 e. The molecule has 0 aromatic heterocycles. The number of nitrogens with one attached hydrogen (secondary N) is 3. The van der Waals surface area contributed by atoms with Crippen molar-refractivity contribution in [1.29, 1.82) is 0 Å². The lowest BCUT2D eigenvalue weighted by Gasteiger charge is -2.41. The van der Waals surface area contributed by atoms with Gasteiger partial charge in [0.25, 0.3) is 10.1 Å². The second-order valence-electron chi connectivity index (χ2n) is 18.2. The van der Waals surface area contributed by atoms with Crippen LogP contribution in [-0.4, -0.2) is 141 Å². The molecule has 9 atom stereocenters. The second kappa shape index (κ2) is 27.5. The number of carbonyl (C=O) groups excluding carboxylic acids is 4. The standard InChI is InChI=1S/C46H73N5O9S.C2HF3O2/c1-12-31(6)42(50(9)46(55)41(30(4)5)49-45(54)40(47-8)29(2)3)38(59-10)28-39(52)51-26-16-19-37(51)43(60-11)32(7)44(53)48-35(27-34-17-14-13-15-18-34)23-20-33-21-24-36(25-22-33)61(56,57)58;3-2(4,5)1(6)7/h13-15,17-18,21-22,24-25,29-32,35,37-38,40-43,47H,12,16,19-20,23,26-28H2,1-11H3,(H,48,53)(H,49,54)(H,56,57,58);(H,6,7)/t31-,32+,35+,37-,38+,40-,41-,42-,43+;/m0./s1. The van der Waals surface area contributed by atoms with Crippen molar-refractivity contribution in [3.8, 4) is 0 Å². The Bertz CT molecular complexity index is 2030. The average Bonchev–Trinajstić information content (AvgIpc) is 3.76. The normalized spacial score (nSPS) is 17.7. The van der Waals surface area contributed by atoms with E-state index in [1.165, 1.54) is 12.1 Å². The highest BCUT2D eigenvalue weighted by molar-refractivity contribution is 7.85. The highest BCUT2D eigenvalue weighted by Crippen LogP contribution is 2.30. The molecule has 384 valence electrons. The molecule has 0 bridgehead atoms. The van der Waals surface area contributed by atoms with Crippen molar-refractivity contribution >= 4 is 39.7 Å². The van der Waals surface area contributed by atoms with Crippen molar-refractivity contribution in [2.75, 3.05) is 34.9 Å². The first-order chi connectivity index (χ1) is 31.7. The monoisotopic (exact) mass is 986 g/mol. The molecule has 4 amide bonds. The van der Waals surface area contributed by atoms with Crippen molar-refractivity contribution in [1.82, 2.24) is 25.8 Å². The minimum atomic E-state index is -5.08. The number of likely N-dealkylation sites (tertiary alicyclic amines) is 1. The predicted molar refractivity (Wildman–Crippen MR) is 251 cm³/mol. The average molecular weight is 986 g/mol. The first-order valence-electron chi connectivity index (χ1n) is 23.0. The molecule has 3 rings (SSSR count). The Balaban J connectivity index is 0.00000209. The molecule has 0 radical (unpaired) electrons. The fourth-order valence-electron chi connectivity index (χ4n) is 8.67. The second-order valence-corrected chi connectivity index (χ2v) is 19.6. The third kappa shape index (κ3) is 17.7. The summed E-state index contributed by atoms with van der Waals surface area (Å²) in [4.78, 5) is 68.1. The van der Waals surface area contributed by atoms with Gasteiger partial charge in [-0.3, -0.25) is 23.7 Å². The number of rotatable bonds is 24. The van der Waals surface area contributed by atoms with E-state index in [1.807, 2.05) is 78.8 Å². The number of benzene rings is 2. The molecule has 1 fully saturated rings. The molecule has 1 aliphatic heterocycles. The van der Waals surface area contributed by atoms with E-state index in [0.29, 0.717) is 32.2 Å². The first-order valence-corrected chi connectivity index (χ1v) is 24.5. The maximum absolute atomic E-state index is 14.4. The van der Waals surface area contributed by atoms with Crippen LogP contribution in [0.3, 0.4) is 0 Å². The van der Waals surface area contributed by atoms with Crippen LogP contribution in [0.4, 0.5) is 13.2 Å². The number of aliphatic carboxylic acids is 1. The molecule has 2 aromatic carbocycles. The van der Waals surface area contributed by atoms with Gasteiger partial charge in [-0.1, -0.05) is 97.4 Å². The van der Waals surface area contributed by atoms with Crippen LogP contribution in [0.1, 0.15) is 91.7 Å². The van der Waals surface area contributed by atoms with Gasteiger partial charge >= 0.3 is 12.1 Å². The summed E-state index contributed by atoms with van der Waals surface area (Å²) >= 11 is 0. The summed E-state index contributed by atoms with van der Waals surface area (Å²) < 4.78 is 76.3. The molecule has 0 spiro atoms. The third-order valence-corrected chi connectivity index (χ3v) is 13.5. The van der Waals surface area contributed by atoms with Gasteiger partial charge in [0.1, 0.15) is 6.04 Å². The topological polar surface area (TPSA) is 221 Å². The van der Waals surface area contributed by atoms with Crippen LogP contribution < -0.4 is 16.0 Å². The fraction of sp³-hybridized carbons (Fsp3) is 0.646. The van der Waals surface area contributed by atoms with Crippen LogP contribution >= 0.6 is 0 Å². The number of halogens is 3. The summed E-state index contributed by atoms with van der Waals surface area (Å²) in [5.74, 6) is -4.44. The van der Waals surface area contributed by atoms with Gasteiger partial charge in [0.05, 0.1) is 47.6 Å². The Labute approximate surface area is 400 Å². The van der Waals surface area contributed by atoms with E-state index in [9.17, 15) is 45.3 Å². The minimum absolute atomic E-state index is 0.00881. The van der Waals surface area contributed by atoms with E-state index in [-0.39, 0.29) is 64.8 Å². The summed E-state index contributed by atoms with van der Waals surface area (Å²) in [6.45, 7) is 14.1. The predicted octanol–water partition coefficient (Wildman–Crippen LogP) is 5.53. The number of amides is 4. The zero-order valence-electron chi connectivity index (χ0n) is 41.2. The lowest BCUT2D eigenvalue weighted by molar-refractivity contribution is -0.192. The molecular weight excluding hydrogens is 912 g/mol. The van der Waals surface area contributed by atoms with Crippen LogP contribution in [0.2, 0.25) is 0 Å². The number of carboxylic acids is 1. The lowest BCUT2D eigenvalue weighted by atomic mass is 9.89. The number of aryl methyl sites for hydroxylation is 1. The molecule has 16 nitrogen and oxygen atoms in total.